The summed E-state index contributed by atoms with van der Waals surface area (Å²) in [7, 11) is 3.72. The van der Waals surface area contributed by atoms with Crippen molar-refractivity contribution >= 4 is 39.3 Å². The summed E-state index contributed by atoms with van der Waals surface area (Å²) in [5, 5.41) is 10.1. The summed E-state index contributed by atoms with van der Waals surface area (Å²) in [6.07, 6.45) is 4.81. The predicted molar refractivity (Wildman–Crippen MR) is 177 cm³/mol. The van der Waals surface area contributed by atoms with Crippen LogP contribution in [0.25, 0.3) is 0 Å². The first-order valence-corrected chi connectivity index (χ1v) is 16.6. The number of ether oxygens (including phenoxy) is 1. The molecule has 3 atom stereocenters. The van der Waals surface area contributed by atoms with Crippen LogP contribution in [0.5, 0.6) is 5.75 Å². The van der Waals surface area contributed by atoms with Crippen molar-refractivity contribution in [3.05, 3.63) is 86.2 Å². The molecule has 0 spiro atoms. The molecule has 0 radical (unpaired) electrons. The standard InChI is InChI=1S/C34H39BrN6O5/c1-39-19-24(16-25(20-39)37-29-18-36-40(2)34(45)31(29)35)21-6-8-22(9-7-21)33(44)41-14-12-26(13-15-41)46-27-5-3-4-23(17-27)28-10-11-30(42)38-32(28)43/h3-9,17-18,24-26,28,37H,10-16,19-20H2,1-2H3,(H,38,42,43)/t24-,25+,28?/m1/s1. The van der Waals surface area contributed by atoms with Gasteiger partial charge in [-0.15, -0.1) is 0 Å². The zero-order valence-electron chi connectivity index (χ0n) is 26.1. The molecule has 242 valence electrons. The third-order valence-corrected chi connectivity index (χ3v) is 10.00. The van der Waals surface area contributed by atoms with Crippen molar-refractivity contribution in [2.45, 2.75) is 56.1 Å². The first-order valence-electron chi connectivity index (χ1n) is 15.8. The van der Waals surface area contributed by atoms with Gasteiger partial charge in [0.2, 0.25) is 11.8 Å². The molecule has 3 aromatic rings. The summed E-state index contributed by atoms with van der Waals surface area (Å²) >= 11 is 3.41. The molecule has 0 aliphatic carbocycles. The van der Waals surface area contributed by atoms with Crippen LogP contribution >= 0.6 is 15.9 Å². The molecule has 3 amide bonds. The lowest BCUT2D eigenvalue weighted by molar-refractivity contribution is -0.134. The van der Waals surface area contributed by atoms with Crippen molar-refractivity contribution in [3.63, 3.8) is 0 Å². The number of aryl methyl sites for hydroxylation is 1. The summed E-state index contributed by atoms with van der Waals surface area (Å²) in [6, 6.07) is 15.7. The normalized spacial score (nSPS) is 22.8. The van der Waals surface area contributed by atoms with Gasteiger partial charge in [-0.1, -0.05) is 24.3 Å². The number of nitrogens with zero attached hydrogens (tertiary/aromatic N) is 4. The maximum Gasteiger partial charge on any atom is 0.282 e. The molecular formula is C34H39BrN6O5. The molecule has 3 aliphatic rings. The topological polar surface area (TPSA) is 126 Å². The fourth-order valence-electron chi connectivity index (χ4n) is 6.76. The minimum Gasteiger partial charge on any atom is -0.490 e. The number of carbonyl (C=O) groups excluding carboxylic acids is 3. The van der Waals surface area contributed by atoms with Crippen molar-refractivity contribution in [2.24, 2.45) is 7.05 Å². The second-order valence-electron chi connectivity index (χ2n) is 12.6. The van der Waals surface area contributed by atoms with Gasteiger partial charge in [0.1, 0.15) is 16.3 Å². The zero-order valence-corrected chi connectivity index (χ0v) is 27.7. The van der Waals surface area contributed by atoms with Crippen molar-refractivity contribution in [1.82, 2.24) is 24.9 Å². The minimum atomic E-state index is -0.352. The Kier molecular flexibility index (Phi) is 9.55. The number of piperidine rings is 3. The second-order valence-corrected chi connectivity index (χ2v) is 13.4. The lowest BCUT2D eigenvalue weighted by Crippen LogP contribution is -2.43. The second kappa shape index (κ2) is 13.8. The number of carbonyl (C=O) groups is 3. The molecule has 3 aliphatic heterocycles. The summed E-state index contributed by atoms with van der Waals surface area (Å²) in [4.78, 5) is 53.7. The SMILES string of the molecule is CN1C[C@@H](Nc2cnn(C)c(=O)c2Br)C[C@@H](c2ccc(C(=O)N3CCC(Oc4cccc(C5CCC(=O)NC5=O)c4)CC3)cc2)C1. The Hall–Kier alpha value is -4.03. The van der Waals surface area contributed by atoms with Crippen LogP contribution in [0.1, 0.15) is 65.4 Å². The fourth-order valence-corrected chi connectivity index (χ4v) is 7.24. The first kappa shape index (κ1) is 31.9. The summed E-state index contributed by atoms with van der Waals surface area (Å²) in [5.74, 6) is 0.161. The van der Waals surface area contributed by atoms with Gasteiger partial charge in [0.15, 0.2) is 0 Å². The quantitative estimate of drug-likeness (QED) is 0.360. The van der Waals surface area contributed by atoms with Crippen molar-refractivity contribution in [2.75, 3.05) is 38.5 Å². The number of anilines is 1. The van der Waals surface area contributed by atoms with Gasteiger partial charge in [-0.2, -0.15) is 5.10 Å². The highest BCUT2D eigenvalue weighted by Gasteiger charge is 2.30. The third-order valence-electron chi connectivity index (χ3n) is 9.23. The maximum absolute atomic E-state index is 13.4. The van der Waals surface area contributed by atoms with Gasteiger partial charge in [0.05, 0.1) is 17.8 Å². The molecule has 3 saturated heterocycles. The Labute approximate surface area is 276 Å². The van der Waals surface area contributed by atoms with E-state index in [9.17, 15) is 19.2 Å². The lowest BCUT2D eigenvalue weighted by atomic mass is 9.87. The Bertz CT molecular complexity index is 1670. The van der Waals surface area contributed by atoms with Gasteiger partial charge in [-0.3, -0.25) is 24.5 Å². The smallest absolute Gasteiger partial charge is 0.282 e. The molecule has 46 heavy (non-hydrogen) atoms. The van der Waals surface area contributed by atoms with Crippen LogP contribution < -0.4 is 20.9 Å². The Morgan fingerprint density at radius 2 is 1.76 bits per heavy atom. The van der Waals surface area contributed by atoms with E-state index in [0.717, 1.165) is 25.1 Å². The number of nitrogens with one attached hydrogen (secondary N) is 2. The van der Waals surface area contributed by atoms with Crippen LogP contribution in [-0.2, 0) is 16.6 Å². The number of likely N-dealkylation sites (N-methyl/N-ethyl adjacent to an activating group) is 1. The Morgan fingerprint density at radius 1 is 1.00 bits per heavy atom. The molecular weight excluding hydrogens is 652 g/mol. The number of hydrogen-bond donors (Lipinski definition) is 2. The van der Waals surface area contributed by atoms with Gasteiger partial charge in [-0.25, -0.2) is 4.68 Å². The van der Waals surface area contributed by atoms with Gasteiger partial charge in [0.25, 0.3) is 11.5 Å². The number of likely N-dealkylation sites (tertiary alicyclic amines) is 2. The predicted octanol–water partition coefficient (Wildman–Crippen LogP) is 3.65. The molecule has 12 heteroatoms. The highest BCUT2D eigenvalue weighted by Crippen LogP contribution is 2.31. The molecule has 1 aromatic heterocycles. The lowest BCUT2D eigenvalue weighted by Gasteiger charge is -2.37. The van der Waals surface area contributed by atoms with E-state index in [0.29, 0.717) is 60.2 Å². The van der Waals surface area contributed by atoms with E-state index in [4.69, 9.17) is 4.74 Å². The van der Waals surface area contributed by atoms with E-state index >= 15 is 0 Å². The number of halogens is 1. The molecule has 4 heterocycles. The molecule has 3 fully saturated rings. The maximum atomic E-state index is 13.4. The number of imide groups is 1. The fraction of sp³-hybridized carbons (Fsp3) is 0.441. The van der Waals surface area contributed by atoms with Crippen LogP contribution in [0.3, 0.4) is 0 Å². The van der Waals surface area contributed by atoms with E-state index < -0.39 is 0 Å². The monoisotopic (exact) mass is 690 g/mol. The minimum absolute atomic E-state index is 0.0215. The van der Waals surface area contributed by atoms with E-state index in [1.165, 1.54) is 10.2 Å². The number of amides is 3. The van der Waals surface area contributed by atoms with Gasteiger partial charge >= 0.3 is 0 Å². The molecule has 6 rings (SSSR count). The average Bonchev–Trinajstić information content (AvgIpc) is 3.05. The van der Waals surface area contributed by atoms with Crippen LogP contribution in [0.4, 0.5) is 5.69 Å². The highest BCUT2D eigenvalue weighted by molar-refractivity contribution is 9.10. The zero-order chi connectivity index (χ0) is 32.4. The van der Waals surface area contributed by atoms with Gasteiger partial charge in [0, 0.05) is 64.1 Å². The first-order chi connectivity index (χ1) is 22.1. The summed E-state index contributed by atoms with van der Waals surface area (Å²) in [6.45, 7) is 2.96. The van der Waals surface area contributed by atoms with Gasteiger partial charge in [-0.05, 0) is 77.1 Å². The number of rotatable bonds is 7. The van der Waals surface area contributed by atoms with Crippen LogP contribution in [0.15, 0.2) is 64.0 Å². The largest absolute Gasteiger partial charge is 0.490 e. The van der Waals surface area contributed by atoms with Crippen molar-refractivity contribution < 1.29 is 19.1 Å². The van der Waals surface area contributed by atoms with E-state index in [1.54, 1.807) is 13.2 Å². The average molecular weight is 692 g/mol. The van der Waals surface area contributed by atoms with Crippen molar-refractivity contribution in [3.8, 4) is 5.75 Å². The van der Waals surface area contributed by atoms with Crippen LogP contribution in [0.2, 0.25) is 0 Å². The van der Waals surface area contributed by atoms with Crippen LogP contribution in [-0.4, -0.2) is 82.7 Å². The summed E-state index contributed by atoms with van der Waals surface area (Å²) < 4.78 is 8.05. The molecule has 0 bridgehead atoms. The van der Waals surface area contributed by atoms with Crippen molar-refractivity contribution in [1.29, 1.82) is 0 Å². The van der Waals surface area contributed by atoms with Crippen LogP contribution in [0, 0.1) is 0 Å². The molecule has 1 unspecified atom stereocenters. The molecule has 2 N–H and O–H groups in total. The summed E-state index contributed by atoms with van der Waals surface area (Å²) in [5.41, 5.74) is 3.22. The molecule has 11 nitrogen and oxygen atoms in total. The highest BCUT2D eigenvalue weighted by atomic mass is 79.9. The number of benzene rings is 2. The number of hydrogen-bond acceptors (Lipinski definition) is 8. The van der Waals surface area contributed by atoms with E-state index in [-0.39, 0.29) is 47.3 Å². The van der Waals surface area contributed by atoms with E-state index in [1.807, 2.05) is 41.3 Å². The number of aromatic nitrogens is 2. The molecule has 2 aromatic carbocycles. The Morgan fingerprint density at radius 3 is 2.50 bits per heavy atom. The Balaban J connectivity index is 1.02. The third kappa shape index (κ3) is 7.18. The molecule has 0 saturated carbocycles. The van der Waals surface area contributed by atoms with E-state index in [2.05, 4.69) is 55.7 Å². The van der Waals surface area contributed by atoms with Gasteiger partial charge < -0.3 is 19.9 Å².